The van der Waals surface area contributed by atoms with E-state index in [0.29, 0.717) is 12.1 Å². The molecule has 2 heterocycles. The molecule has 2 unspecified atom stereocenters. The molecule has 3 rings (SSSR count). The van der Waals surface area contributed by atoms with Crippen LogP contribution >= 0.6 is 11.3 Å². The molecule has 21 heavy (non-hydrogen) atoms. The van der Waals surface area contributed by atoms with Crippen molar-refractivity contribution in [3.8, 4) is 11.3 Å². The van der Waals surface area contributed by atoms with Crippen molar-refractivity contribution in [2.24, 2.45) is 0 Å². The zero-order valence-electron chi connectivity index (χ0n) is 12.6. The van der Waals surface area contributed by atoms with Crippen LogP contribution in [-0.2, 0) is 6.54 Å². The van der Waals surface area contributed by atoms with Gasteiger partial charge in [0.1, 0.15) is 0 Å². The van der Waals surface area contributed by atoms with Gasteiger partial charge >= 0.3 is 4.87 Å². The van der Waals surface area contributed by atoms with Gasteiger partial charge in [0.05, 0.1) is 5.69 Å². The maximum atomic E-state index is 11.8. The first-order valence-electron chi connectivity index (χ1n) is 7.68. The van der Waals surface area contributed by atoms with Gasteiger partial charge < -0.3 is 4.98 Å². The number of hydrogen-bond donors (Lipinski definition) is 1. The molecular formula is C17H22N2OS. The van der Waals surface area contributed by atoms with Crippen LogP contribution in [0.15, 0.2) is 35.1 Å². The second-order valence-electron chi connectivity index (χ2n) is 5.98. The Kier molecular flexibility index (Phi) is 4.27. The first kappa shape index (κ1) is 14.5. The van der Waals surface area contributed by atoms with Crippen molar-refractivity contribution in [3.05, 3.63) is 44.9 Å². The predicted molar refractivity (Wildman–Crippen MR) is 88.7 cm³/mol. The maximum Gasteiger partial charge on any atom is 0.305 e. The van der Waals surface area contributed by atoms with Crippen LogP contribution in [0.1, 0.15) is 38.0 Å². The summed E-state index contributed by atoms with van der Waals surface area (Å²) in [5.74, 6) is 0. The number of likely N-dealkylation sites (tertiary alicyclic amines) is 1. The number of benzene rings is 1. The summed E-state index contributed by atoms with van der Waals surface area (Å²) in [6, 6.07) is 11.3. The summed E-state index contributed by atoms with van der Waals surface area (Å²) in [4.78, 5) is 18.6. The lowest BCUT2D eigenvalue weighted by Gasteiger charge is -2.38. The average Bonchev–Trinajstić information content (AvgIpc) is 2.85. The Morgan fingerprint density at radius 3 is 2.52 bits per heavy atom. The highest BCUT2D eigenvalue weighted by Crippen LogP contribution is 2.29. The van der Waals surface area contributed by atoms with E-state index in [1.165, 1.54) is 30.6 Å². The predicted octanol–water partition coefficient (Wildman–Crippen LogP) is 3.87. The van der Waals surface area contributed by atoms with E-state index < -0.39 is 0 Å². The highest BCUT2D eigenvalue weighted by atomic mass is 32.1. The molecule has 4 heteroatoms. The number of piperidine rings is 1. The third-order valence-corrected chi connectivity index (χ3v) is 5.35. The first-order valence-corrected chi connectivity index (χ1v) is 8.50. The van der Waals surface area contributed by atoms with Crippen LogP contribution in [0.2, 0.25) is 0 Å². The summed E-state index contributed by atoms with van der Waals surface area (Å²) in [5.41, 5.74) is 2.10. The zero-order valence-corrected chi connectivity index (χ0v) is 13.5. The number of hydrogen-bond acceptors (Lipinski definition) is 3. The fraction of sp³-hybridized carbons (Fsp3) is 0.471. The highest BCUT2D eigenvalue weighted by Gasteiger charge is 2.26. The Morgan fingerprint density at radius 2 is 1.86 bits per heavy atom. The Morgan fingerprint density at radius 1 is 1.19 bits per heavy atom. The van der Waals surface area contributed by atoms with Crippen molar-refractivity contribution in [1.82, 2.24) is 9.88 Å². The average molecular weight is 302 g/mol. The minimum absolute atomic E-state index is 0.0427. The summed E-state index contributed by atoms with van der Waals surface area (Å²) < 4.78 is 0. The molecule has 2 aromatic rings. The van der Waals surface area contributed by atoms with Gasteiger partial charge in [-0.1, -0.05) is 48.1 Å². The Bertz CT molecular complexity index is 636. The van der Waals surface area contributed by atoms with Crippen LogP contribution in [0, 0.1) is 0 Å². The number of rotatable bonds is 3. The summed E-state index contributed by atoms with van der Waals surface area (Å²) in [6.07, 6.45) is 3.82. The number of nitrogens with zero attached hydrogens (tertiary/aromatic N) is 1. The Hall–Kier alpha value is -1.39. The molecule has 0 bridgehead atoms. The van der Waals surface area contributed by atoms with Gasteiger partial charge in [-0.15, -0.1) is 0 Å². The fourth-order valence-electron chi connectivity index (χ4n) is 3.26. The molecular weight excluding hydrogens is 280 g/mol. The number of aromatic nitrogens is 1. The second kappa shape index (κ2) is 6.16. The normalized spacial score (nSPS) is 23.3. The van der Waals surface area contributed by atoms with Gasteiger partial charge in [0.2, 0.25) is 0 Å². The molecule has 2 atom stereocenters. The van der Waals surface area contributed by atoms with Crippen LogP contribution in [0.5, 0.6) is 0 Å². The molecule has 3 nitrogen and oxygen atoms in total. The van der Waals surface area contributed by atoms with Gasteiger partial charge in [-0.2, -0.15) is 0 Å². The van der Waals surface area contributed by atoms with Crippen molar-refractivity contribution in [2.75, 3.05) is 0 Å². The van der Waals surface area contributed by atoms with Crippen molar-refractivity contribution in [2.45, 2.75) is 51.7 Å². The van der Waals surface area contributed by atoms with Gasteiger partial charge in [0, 0.05) is 23.5 Å². The minimum Gasteiger partial charge on any atom is -0.312 e. The monoisotopic (exact) mass is 302 g/mol. The smallest absolute Gasteiger partial charge is 0.305 e. The molecule has 1 aromatic carbocycles. The van der Waals surface area contributed by atoms with Gasteiger partial charge in [0.25, 0.3) is 0 Å². The molecule has 0 saturated carbocycles. The standard InChI is InChI=1S/C17H22N2OS/c1-12-7-6-8-13(2)19(12)11-15-16(18-17(20)21-15)14-9-4-3-5-10-14/h3-5,9-10,12-13H,6-8,11H2,1-2H3,(H,18,20). The molecule has 1 aliphatic rings. The summed E-state index contributed by atoms with van der Waals surface area (Å²) in [6.45, 7) is 5.47. The number of thiazole rings is 1. The van der Waals surface area contributed by atoms with Crippen molar-refractivity contribution < 1.29 is 0 Å². The van der Waals surface area contributed by atoms with Crippen molar-refractivity contribution >= 4 is 11.3 Å². The van der Waals surface area contributed by atoms with E-state index in [0.717, 1.165) is 22.7 Å². The minimum atomic E-state index is 0.0427. The van der Waals surface area contributed by atoms with E-state index >= 15 is 0 Å². The lowest BCUT2D eigenvalue weighted by Crippen LogP contribution is -2.42. The van der Waals surface area contributed by atoms with Crippen molar-refractivity contribution in [3.63, 3.8) is 0 Å². The van der Waals surface area contributed by atoms with Gasteiger partial charge in [0.15, 0.2) is 0 Å². The molecule has 1 aliphatic heterocycles. The molecule has 1 saturated heterocycles. The Balaban J connectivity index is 1.91. The molecule has 0 amide bonds. The van der Waals surface area contributed by atoms with Gasteiger partial charge in [-0.25, -0.2) is 0 Å². The summed E-state index contributed by atoms with van der Waals surface area (Å²) in [7, 11) is 0. The summed E-state index contributed by atoms with van der Waals surface area (Å²) >= 11 is 1.35. The second-order valence-corrected chi connectivity index (χ2v) is 7.05. The summed E-state index contributed by atoms with van der Waals surface area (Å²) in [5, 5.41) is 0. The number of nitrogens with one attached hydrogen (secondary N) is 1. The highest BCUT2D eigenvalue weighted by molar-refractivity contribution is 7.09. The van der Waals surface area contributed by atoms with E-state index in [1.54, 1.807) is 0 Å². The maximum absolute atomic E-state index is 11.8. The fourth-order valence-corrected chi connectivity index (χ4v) is 4.12. The lowest BCUT2D eigenvalue weighted by atomic mass is 9.97. The largest absolute Gasteiger partial charge is 0.312 e. The molecule has 0 radical (unpaired) electrons. The van der Waals surface area contributed by atoms with Crippen LogP contribution in [0.25, 0.3) is 11.3 Å². The van der Waals surface area contributed by atoms with Crippen molar-refractivity contribution in [1.29, 1.82) is 0 Å². The van der Waals surface area contributed by atoms with E-state index in [1.807, 2.05) is 18.2 Å². The molecule has 112 valence electrons. The topological polar surface area (TPSA) is 36.1 Å². The SMILES string of the molecule is CC1CCCC(C)N1Cc1sc(=O)[nH]c1-c1ccccc1. The third kappa shape index (κ3) is 3.11. The van der Waals surface area contributed by atoms with E-state index in [4.69, 9.17) is 0 Å². The number of H-pyrrole nitrogens is 1. The van der Waals surface area contributed by atoms with E-state index in [9.17, 15) is 4.79 Å². The van der Waals surface area contributed by atoms with Gasteiger partial charge in [-0.3, -0.25) is 9.69 Å². The molecule has 0 aliphatic carbocycles. The van der Waals surface area contributed by atoms with Crippen LogP contribution in [0.4, 0.5) is 0 Å². The molecule has 1 fully saturated rings. The lowest BCUT2D eigenvalue weighted by molar-refractivity contribution is 0.0965. The van der Waals surface area contributed by atoms with Crippen LogP contribution in [0.3, 0.4) is 0 Å². The Labute approximate surface area is 129 Å². The molecule has 1 N–H and O–H groups in total. The quantitative estimate of drug-likeness (QED) is 0.934. The van der Waals surface area contributed by atoms with Crippen LogP contribution < -0.4 is 4.87 Å². The van der Waals surface area contributed by atoms with Crippen LogP contribution in [-0.4, -0.2) is 22.0 Å². The number of aromatic amines is 1. The zero-order chi connectivity index (χ0) is 14.8. The molecule has 0 spiro atoms. The van der Waals surface area contributed by atoms with E-state index in [2.05, 4.69) is 35.9 Å². The molecule has 1 aromatic heterocycles. The van der Waals surface area contributed by atoms with E-state index in [-0.39, 0.29) is 4.87 Å². The van der Waals surface area contributed by atoms with Gasteiger partial charge in [-0.05, 0) is 32.3 Å². The first-order chi connectivity index (χ1) is 10.1. The third-order valence-electron chi connectivity index (χ3n) is 4.49.